The van der Waals surface area contributed by atoms with Crippen LogP contribution in [0.15, 0.2) is 0 Å². The SMILES string of the molecule is CN(CCC(C)(C)C)CCC(C)(C)C(=O)O. The van der Waals surface area contributed by atoms with Crippen molar-refractivity contribution in [3.8, 4) is 0 Å². The lowest BCUT2D eigenvalue weighted by Crippen LogP contribution is -2.31. The van der Waals surface area contributed by atoms with Gasteiger partial charge in [0.1, 0.15) is 0 Å². The highest BCUT2D eigenvalue weighted by atomic mass is 16.4. The first kappa shape index (κ1) is 15.4. The van der Waals surface area contributed by atoms with Gasteiger partial charge in [-0.1, -0.05) is 20.8 Å². The van der Waals surface area contributed by atoms with Gasteiger partial charge in [0.25, 0.3) is 0 Å². The molecule has 0 aromatic heterocycles. The lowest BCUT2D eigenvalue weighted by molar-refractivity contribution is -0.147. The first-order valence-electron chi connectivity index (χ1n) is 5.96. The summed E-state index contributed by atoms with van der Waals surface area (Å²) in [6.45, 7) is 12.1. The molecule has 0 aromatic carbocycles. The van der Waals surface area contributed by atoms with E-state index in [4.69, 9.17) is 5.11 Å². The van der Waals surface area contributed by atoms with E-state index in [1.807, 2.05) is 0 Å². The van der Waals surface area contributed by atoms with E-state index in [-0.39, 0.29) is 0 Å². The van der Waals surface area contributed by atoms with Crippen LogP contribution in [0.2, 0.25) is 0 Å². The van der Waals surface area contributed by atoms with Crippen molar-refractivity contribution in [2.24, 2.45) is 10.8 Å². The van der Waals surface area contributed by atoms with Crippen LogP contribution in [0.25, 0.3) is 0 Å². The summed E-state index contributed by atoms with van der Waals surface area (Å²) in [5.74, 6) is -0.711. The topological polar surface area (TPSA) is 40.5 Å². The van der Waals surface area contributed by atoms with Crippen molar-refractivity contribution in [3.63, 3.8) is 0 Å². The van der Waals surface area contributed by atoms with Gasteiger partial charge in [-0.15, -0.1) is 0 Å². The Morgan fingerprint density at radius 2 is 1.50 bits per heavy atom. The van der Waals surface area contributed by atoms with Crippen molar-refractivity contribution in [1.29, 1.82) is 0 Å². The zero-order chi connectivity index (χ0) is 13.0. The van der Waals surface area contributed by atoms with Crippen molar-refractivity contribution >= 4 is 5.97 Å². The molecule has 0 radical (unpaired) electrons. The molecule has 0 aliphatic heterocycles. The van der Waals surface area contributed by atoms with Crippen molar-refractivity contribution < 1.29 is 9.90 Å². The van der Waals surface area contributed by atoms with Gasteiger partial charge in [-0.2, -0.15) is 0 Å². The van der Waals surface area contributed by atoms with Crippen LogP contribution in [-0.4, -0.2) is 36.1 Å². The van der Waals surface area contributed by atoms with Crippen molar-refractivity contribution in [3.05, 3.63) is 0 Å². The number of hydrogen-bond donors (Lipinski definition) is 1. The Labute approximate surface area is 99.8 Å². The summed E-state index contributed by atoms with van der Waals surface area (Å²) in [5, 5.41) is 8.99. The second-order valence-corrected chi connectivity index (χ2v) is 6.55. The molecule has 0 rings (SSSR count). The third-order valence-corrected chi connectivity index (χ3v) is 2.94. The van der Waals surface area contributed by atoms with Gasteiger partial charge in [-0.3, -0.25) is 4.79 Å². The highest BCUT2D eigenvalue weighted by Crippen LogP contribution is 2.22. The van der Waals surface area contributed by atoms with Crippen LogP contribution in [0.4, 0.5) is 0 Å². The Morgan fingerprint density at radius 3 is 1.88 bits per heavy atom. The van der Waals surface area contributed by atoms with Gasteiger partial charge in [0.05, 0.1) is 5.41 Å². The van der Waals surface area contributed by atoms with Crippen LogP contribution in [0.3, 0.4) is 0 Å². The summed E-state index contributed by atoms with van der Waals surface area (Å²) in [6, 6.07) is 0. The number of carbonyl (C=O) groups is 1. The van der Waals surface area contributed by atoms with Crippen LogP contribution in [-0.2, 0) is 4.79 Å². The van der Waals surface area contributed by atoms with E-state index in [2.05, 4.69) is 32.7 Å². The molecule has 0 aliphatic carbocycles. The van der Waals surface area contributed by atoms with Crippen LogP contribution in [0, 0.1) is 10.8 Å². The number of hydrogen-bond acceptors (Lipinski definition) is 2. The molecule has 0 unspecified atom stereocenters. The molecule has 0 fully saturated rings. The maximum Gasteiger partial charge on any atom is 0.309 e. The summed E-state index contributed by atoms with van der Waals surface area (Å²) >= 11 is 0. The molecular weight excluding hydrogens is 202 g/mol. The van der Waals surface area contributed by atoms with Gasteiger partial charge in [0.15, 0.2) is 0 Å². The Balaban J connectivity index is 3.90. The van der Waals surface area contributed by atoms with Crippen molar-refractivity contribution in [2.45, 2.75) is 47.5 Å². The van der Waals surface area contributed by atoms with Crippen molar-refractivity contribution in [2.75, 3.05) is 20.1 Å². The highest BCUT2D eigenvalue weighted by Gasteiger charge is 2.27. The molecule has 16 heavy (non-hydrogen) atoms. The summed E-state index contributed by atoms with van der Waals surface area (Å²) in [5.41, 5.74) is -0.271. The molecule has 0 spiro atoms. The number of carboxylic acid groups (broad SMARTS) is 1. The maximum absolute atomic E-state index is 10.9. The standard InChI is InChI=1S/C13H27NO2/c1-12(2,3)7-9-14(6)10-8-13(4,5)11(15)16/h7-10H2,1-6H3,(H,15,16). The van der Waals surface area contributed by atoms with Gasteiger partial charge in [0.2, 0.25) is 0 Å². The molecular formula is C13H27NO2. The maximum atomic E-state index is 10.9. The lowest BCUT2D eigenvalue weighted by atomic mass is 9.89. The summed E-state index contributed by atoms with van der Waals surface area (Å²) in [7, 11) is 2.06. The van der Waals surface area contributed by atoms with Gasteiger partial charge in [-0.25, -0.2) is 0 Å². The number of aliphatic carboxylic acids is 1. The zero-order valence-electron chi connectivity index (χ0n) is 11.6. The third kappa shape index (κ3) is 6.83. The molecule has 0 amide bonds. The largest absolute Gasteiger partial charge is 0.481 e. The third-order valence-electron chi connectivity index (χ3n) is 2.94. The molecule has 0 aromatic rings. The number of rotatable bonds is 6. The molecule has 0 saturated carbocycles. The molecule has 3 heteroatoms. The van der Waals surface area contributed by atoms with Crippen molar-refractivity contribution in [1.82, 2.24) is 4.90 Å². The van der Waals surface area contributed by atoms with Crippen LogP contribution in [0.5, 0.6) is 0 Å². The van der Waals surface area contributed by atoms with Crippen LogP contribution < -0.4 is 0 Å². The molecule has 0 heterocycles. The Bertz CT molecular complexity index is 229. The second kappa shape index (κ2) is 5.67. The van der Waals surface area contributed by atoms with Gasteiger partial charge in [-0.05, 0) is 52.2 Å². The number of nitrogens with zero attached hydrogens (tertiary/aromatic N) is 1. The van der Waals surface area contributed by atoms with Crippen LogP contribution in [0.1, 0.15) is 47.5 Å². The number of carboxylic acids is 1. The molecule has 0 saturated heterocycles. The van der Waals surface area contributed by atoms with E-state index in [9.17, 15) is 4.79 Å². The van der Waals surface area contributed by atoms with E-state index in [0.29, 0.717) is 11.8 Å². The zero-order valence-corrected chi connectivity index (χ0v) is 11.6. The fraction of sp³-hybridized carbons (Fsp3) is 0.923. The van der Waals surface area contributed by atoms with Gasteiger partial charge >= 0.3 is 5.97 Å². The van der Waals surface area contributed by atoms with E-state index in [0.717, 1.165) is 19.5 Å². The summed E-state index contributed by atoms with van der Waals surface area (Å²) in [6.07, 6.45) is 1.83. The molecule has 96 valence electrons. The Morgan fingerprint density at radius 1 is 1.06 bits per heavy atom. The Hall–Kier alpha value is -0.570. The lowest BCUT2D eigenvalue weighted by Gasteiger charge is -2.26. The highest BCUT2D eigenvalue weighted by molar-refractivity contribution is 5.73. The molecule has 1 N–H and O–H groups in total. The molecule has 3 nitrogen and oxygen atoms in total. The van der Waals surface area contributed by atoms with E-state index in [1.54, 1.807) is 13.8 Å². The predicted octanol–water partition coefficient (Wildman–Crippen LogP) is 2.86. The first-order valence-corrected chi connectivity index (χ1v) is 5.96. The smallest absolute Gasteiger partial charge is 0.309 e. The Kier molecular flexibility index (Phi) is 5.47. The van der Waals surface area contributed by atoms with Crippen LogP contribution >= 0.6 is 0 Å². The fourth-order valence-corrected chi connectivity index (χ4v) is 1.22. The average molecular weight is 229 g/mol. The minimum atomic E-state index is -0.711. The van der Waals surface area contributed by atoms with E-state index < -0.39 is 11.4 Å². The summed E-state index contributed by atoms with van der Waals surface area (Å²) in [4.78, 5) is 13.2. The van der Waals surface area contributed by atoms with Gasteiger partial charge < -0.3 is 10.0 Å². The predicted molar refractivity (Wildman–Crippen MR) is 67.6 cm³/mol. The monoisotopic (exact) mass is 229 g/mol. The second-order valence-electron chi connectivity index (χ2n) is 6.55. The normalized spacial score (nSPS) is 13.2. The average Bonchev–Trinajstić information content (AvgIpc) is 2.10. The molecule has 0 atom stereocenters. The minimum Gasteiger partial charge on any atom is -0.481 e. The molecule has 0 aliphatic rings. The fourth-order valence-electron chi connectivity index (χ4n) is 1.22. The minimum absolute atomic E-state index is 0.344. The van der Waals surface area contributed by atoms with E-state index in [1.165, 1.54) is 0 Å². The first-order chi connectivity index (χ1) is 7.04. The quantitative estimate of drug-likeness (QED) is 0.761. The van der Waals surface area contributed by atoms with E-state index >= 15 is 0 Å². The molecule has 0 bridgehead atoms. The summed E-state index contributed by atoms with van der Waals surface area (Å²) < 4.78 is 0. The van der Waals surface area contributed by atoms with Gasteiger partial charge in [0, 0.05) is 0 Å².